The first-order chi connectivity index (χ1) is 8.33. The van der Waals surface area contributed by atoms with Crippen LogP contribution in [0.2, 0.25) is 0 Å². The summed E-state index contributed by atoms with van der Waals surface area (Å²) >= 11 is 5.14. The quantitative estimate of drug-likeness (QED) is 0.819. The van der Waals surface area contributed by atoms with Gasteiger partial charge in [-0.1, -0.05) is 28.1 Å². The number of aromatic nitrogens is 1. The predicted octanol–water partition coefficient (Wildman–Crippen LogP) is 4.42. The summed E-state index contributed by atoms with van der Waals surface area (Å²) in [4.78, 5) is 4.67. The summed E-state index contributed by atoms with van der Waals surface area (Å²) in [5.74, 6) is 0. The van der Waals surface area contributed by atoms with E-state index in [0.717, 1.165) is 40.2 Å². The number of nitrogens with zero attached hydrogens (tertiary/aromatic N) is 1. The minimum absolute atomic E-state index is 0.226. The first-order valence-corrected chi connectivity index (χ1v) is 7.33. The first-order valence-electron chi connectivity index (χ1n) is 5.66. The molecule has 1 aromatic carbocycles. The summed E-state index contributed by atoms with van der Waals surface area (Å²) in [5, 5.41) is 3.22. The molecular formula is C13H12BrNOS. The van der Waals surface area contributed by atoms with E-state index in [9.17, 15) is 0 Å². The predicted molar refractivity (Wildman–Crippen MR) is 73.2 cm³/mol. The lowest BCUT2D eigenvalue weighted by Crippen LogP contribution is -1.94. The van der Waals surface area contributed by atoms with E-state index in [4.69, 9.17) is 4.74 Å². The third-order valence-corrected chi connectivity index (χ3v) is 4.33. The van der Waals surface area contributed by atoms with Crippen LogP contribution < -0.4 is 0 Å². The van der Waals surface area contributed by atoms with E-state index in [1.165, 1.54) is 0 Å². The monoisotopic (exact) mass is 309 g/mol. The van der Waals surface area contributed by atoms with Crippen molar-refractivity contribution < 1.29 is 4.74 Å². The zero-order valence-corrected chi connectivity index (χ0v) is 11.6. The lowest BCUT2D eigenvalue weighted by Gasteiger charge is -2.03. The van der Waals surface area contributed by atoms with Crippen LogP contribution in [0.15, 0.2) is 34.1 Å². The second kappa shape index (κ2) is 4.88. The van der Waals surface area contributed by atoms with Crippen molar-refractivity contribution in [1.82, 2.24) is 4.98 Å². The van der Waals surface area contributed by atoms with Crippen molar-refractivity contribution in [2.45, 2.75) is 18.9 Å². The molecule has 1 aliphatic rings. The average Bonchev–Trinajstić information content (AvgIpc) is 3.00. The molecule has 1 aromatic heterocycles. The molecule has 88 valence electrons. The Morgan fingerprint density at radius 3 is 2.82 bits per heavy atom. The topological polar surface area (TPSA) is 22.1 Å². The van der Waals surface area contributed by atoms with E-state index in [0.29, 0.717) is 0 Å². The van der Waals surface area contributed by atoms with Crippen LogP contribution >= 0.6 is 27.3 Å². The number of halogens is 1. The van der Waals surface area contributed by atoms with Crippen LogP contribution in [0.1, 0.15) is 24.0 Å². The highest BCUT2D eigenvalue weighted by atomic mass is 79.9. The lowest BCUT2D eigenvalue weighted by molar-refractivity contribution is 0.112. The molecule has 0 N–H and O–H groups in total. The van der Waals surface area contributed by atoms with Gasteiger partial charge in [0.05, 0.1) is 5.69 Å². The summed E-state index contributed by atoms with van der Waals surface area (Å²) in [6, 6.07) is 8.25. The van der Waals surface area contributed by atoms with E-state index < -0.39 is 0 Å². The van der Waals surface area contributed by atoms with Gasteiger partial charge in [0, 0.05) is 22.0 Å². The summed E-state index contributed by atoms with van der Waals surface area (Å²) in [6.07, 6.45) is 2.48. The molecule has 1 fully saturated rings. The first kappa shape index (κ1) is 11.4. The number of ether oxygens (including phenoxy) is 1. The van der Waals surface area contributed by atoms with E-state index in [-0.39, 0.29) is 6.10 Å². The average molecular weight is 310 g/mol. The Balaban J connectivity index is 1.86. The smallest absolute Gasteiger partial charge is 0.122 e. The van der Waals surface area contributed by atoms with Gasteiger partial charge in [0.1, 0.15) is 11.1 Å². The summed E-state index contributed by atoms with van der Waals surface area (Å²) < 4.78 is 6.74. The van der Waals surface area contributed by atoms with Gasteiger partial charge in [-0.2, -0.15) is 0 Å². The number of thiazole rings is 1. The van der Waals surface area contributed by atoms with Crippen molar-refractivity contribution in [3.05, 3.63) is 39.1 Å². The SMILES string of the molecule is Brc1ccc(-c2csc(C3CCCO3)n2)cc1. The third kappa shape index (κ3) is 2.44. The van der Waals surface area contributed by atoms with Gasteiger partial charge in [-0.15, -0.1) is 11.3 Å². The van der Waals surface area contributed by atoms with Gasteiger partial charge in [-0.3, -0.25) is 0 Å². The lowest BCUT2D eigenvalue weighted by atomic mass is 10.2. The van der Waals surface area contributed by atoms with Gasteiger partial charge in [0.15, 0.2) is 0 Å². The Hall–Kier alpha value is -0.710. The van der Waals surface area contributed by atoms with Gasteiger partial charge in [-0.25, -0.2) is 4.98 Å². The molecule has 0 spiro atoms. The Bertz CT molecular complexity index is 502. The molecule has 1 atom stereocenters. The van der Waals surface area contributed by atoms with Gasteiger partial charge < -0.3 is 4.74 Å². The van der Waals surface area contributed by atoms with E-state index in [1.807, 2.05) is 12.1 Å². The normalized spacial score (nSPS) is 19.7. The molecule has 0 radical (unpaired) electrons. The molecule has 3 rings (SSSR count). The fraction of sp³-hybridized carbons (Fsp3) is 0.308. The Kier molecular flexibility index (Phi) is 3.27. The highest BCUT2D eigenvalue weighted by molar-refractivity contribution is 9.10. The molecule has 2 aromatic rings. The standard InChI is InChI=1S/C13H12BrNOS/c14-10-5-3-9(4-6-10)11-8-17-13(15-11)12-2-1-7-16-12/h3-6,8,12H,1-2,7H2. The minimum atomic E-state index is 0.226. The van der Waals surface area contributed by atoms with Crippen LogP contribution in [0, 0.1) is 0 Å². The molecule has 1 saturated heterocycles. The van der Waals surface area contributed by atoms with Crippen molar-refractivity contribution in [3.8, 4) is 11.3 Å². The molecule has 4 heteroatoms. The second-order valence-corrected chi connectivity index (χ2v) is 5.88. The molecule has 0 aliphatic carbocycles. The van der Waals surface area contributed by atoms with Crippen molar-refractivity contribution in [2.24, 2.45) is 0 Å². The molecule has 2 heterocycles. The maximum absolute atomic E-state index is 5.65. The van der Waals surface area contributed by atoms with Crippen LogP contribution in [-0.2, 0) is 4.74 Å². The van der Waals surface area contributed by atoms with Crippen molar-refractivity contribution >= 4 is 27.3 Å². The number of hydrogen-bond donors (Lipinski definition) is 0. The molecule has 17 heavy (non-hydrogen) atoms. The zero-order valence-electron chi connectivity index (χ0n) is 9.23. The van der Waals surface area contributed by atoms with Crippen molar-refractivity contribution in [2.75, 3.05) is 6.61 Å². The van der Waals surface area contributed by atoms with Crippen molar-refractivity contribution in [3.63, 3.8) is 0 Å². The summed E-state index contributed by atoms with van der Waals surface area (Å²) in [6.45, 7) is 0.873. The van der Waals surface area contributed by atoms with Gasteiger partial charge in [0.25, 0.3) is 0 Å². The Morgan fingerprint density at radius 2 is 2.12 bits per heavy atom. The molecule has 1 unspecified atom stereocenters. The summed E-state index contributed by atoms with van der Waals surface area (Å²) in [7, 11) is 0. The maximum atomic E-state index is 5.65. The fourth-order valence-electron chi connectivity index (χ4n) is 1.96. The second-order valence-electron chi connectivity index (χ2n) is 4.08. The number of rotatable bonds is 2. The Labute approximate surface area is 113 Å². The fourth-order valence-corrected chi connectivity index (χ4v) is 3.14. The zero-order chi connectivity index (χ0) is 11.7. The van der Waals surface area contributed by atoms with Gasteiger partial charge >= 0.3 is 0 Å². The summed E-state index contributed by atoms with van der Waals surface area (Å²) in [5.41, 5.74) is 2.21. The van der Waals surface area contributed by atoms with E-state index >= 15 is 0 Å². The Morgan fingerprint density at radius 1 is 1.29 bits per heavy atom. The van der Waals surface area contributed by atoms with Crippen molar-refractivity contribution in [1.29, 1.82) is 0 Å². The molecule has 0 bridgehead atoms. The van der Waals surface area contributed by atoms with Crippen LogP contribution in [-0.4, -0.2) is 11.6 Å². The third-order valence-electron chi connectivity index (χ3n) is 2.87. The van der Waals surface area contributed by atoms with Crippen LogP contribution in [0.5, 0.6) is 0 Å². The van der Waals surface area contributed by atoms with Gasteiger partial charge in [-0.05, 0) is 25.0 Å². The van der Waals surface area contributed by atoms with Gasteiger partial charge in [0.2, 0.25) is 0 Å². The van der Waals surface area contributed by atoms with E-state index in [1.54, 1.807) is 11.3 Å². The van der Waals surface area contributed by atoms with E-state index in [2.05, 4.69) is 38.4 Å². The molecule has 2 nitrogen and oxygen atoms in total. The molecule has 1 aliphatic heterocycles. The highest BCUT2D eigenvalue weighted by Gasteiger charge is 2.20. The number of benzene rings is 1. The molecule has 0 amide bonds. The maximum Gasteiger partial charge on any atom is 0.122 e. The van der Waals surface area contributed by atoms with Crippen LogP contribution in [0.3, 0.4) is 0 Å². The number of hydrogen-bond acceptors (Lipinski definition) is 3. The minimum Gasteiger partial charge on any atom is -0.371 e. The van der Waals surface area contributed by atoms with Crippen LogP contribution in [0.25, 0.3) is 11.3 Å². The van der Waals surface area contributed by atoms with Crippen LogP contribution in [0.4, 0.5) is 0 Å². The largest absolute Gasteiger partial charge is 0.371 e. The highest BCUT2D eigenvalue weighted by Crippen LogP contribution is 2.33. The molecule has 0 saturated carbocycles. The molecular weight excluding hydrogens is 298 g/mol.